The Morgan fingerprint density at radius 3 is 0.706 bits per heavy atom. The van der Waals surface area contributed by atoms with E-state index in [0.29, 0.717) is 0 Å². The molecule has 0 saturated carbocycles. The number of nitrogens with two attached hydrogens (primary N) is 4. The van der Waals surface area contributed by atoms with Crippen molar-refractivity contribution in [3.63, 3.8) is 0 Å². The topological polar surface area (TPSA) is 249 Å². The van der Waals surface area contributed by atoms with Gasteiger partial charge in [-0.25, -0.2) is 32.1 Å². The molecule has 0 unspecified atom stereocenters. The molecule has 0 rings (SSSR count). The van der Waals surface area contributed by atoms with Crippen LogP contribution < -0.4 is 22.9 Å². The summed E-state index contributed by atoms with van der Waals surface area (Å²) >= 11 is 0. The Morgan fingerprint density at radius 1 is 0.618 bits per heavy atom. The van der Waals surface area contributed by atoms with Gasteiger partial charge in [-0.3, -0.25) is 4.79 Å². The highest BCUT2D eigenvalue weighted by Gasteiger charge is 2.28. The molecule has 0 heterocycles. The van der Waals surface area contributed by atoms with Crippen LogP contribution in [0.3, 0.4) is 0 Å². The third-order valence-electron chi connectivity index (χ3n) is 0.424. The molecule has 214 valence electrons. The van der Waals surface area contributed by atoms with Crippen molar-refractivity contribution in [2.75, 3.05) is 14.1 Å². The fraction of sp³-hybridized carbons (Fsp3) is 0.857. The van der Waals surface area contributed by atoms with Gasteiger partial charge >= 0.3 is 40.8 Å². The smallest absolute Gasteiger partial charge is 0.351 e. The number of phosphoric acid groups is 2. The first-order chi connectivity index (χ1) is 14.0. The van der Waals surface area contributed by atoms with Crippen LogP contribution in [0.15, 0.2) is 0 Å². The Morgan fingerprint density at radius 2 is 0.706 bits per heavy atom. The number of halogens is 12. The van der Waals surface area contributed by atoms with Gasteiger partial charge < -0.3 is 24.5 Å². The molecule has 0 bridgehead atoms. The van der Waals surface area contributed by atoms with Gasteiger partial charge in [-0.05, 0) is 0 Å². The van der Waals surface area contributed by atoms with Crippen molar-refractivity contribution in [2.24, 2.45) is 22.9 Å². The average Bonchev–Trinajstić information content (AvgIpc) is 2.25. The maximum absolute atomic E-state index is 10.1. The number of nitrogens with zero attached hydrogens (tertiary/aromatic N) is 1. The molecule has 0 spiro atoms. The second kappa shape index (κ2) is 19.0. The van der Waals surface area contributed by atoms with Gasteiger partial charge in [0.2, 0.25) is 6.41 Å². The number of hydrogen-bond donors (Lipinski definition) is 8. The summed E-state index contributed by atoms with van der Waals surface area (Å²) in [6.45, 7) is 0. The van der Waals surface area contributed by atoms with Crippen LogP contribution in [-0.2, 0) is 18.2 Å². The molecule has 12 N–H and O–H groups in total. The zero-order valence-electron chi connectivity index (χ0n) is 16.2. The molecule has 0 aliphatic rings. The van der Waals surface area contributed by atoms with Gasteiger partial charge in [-0.1, -0.05) is 0 Å². The van der Waals surface area contributed by atoms with Crippen LogP contribution in [0.25, 0.3) is 0 Å². The second-order valence-corrected chi connectivity index (χ2v) is 6.91. The zero-order valence-corrected chi connectivity index (χ0v) is 18.0. The van der Waals surface area contributed by atoms with Gasteiger partial charge in [-0.15, -0.1) is 0 Å². The largest absolute Gasteiger partial charge is 0.478 e. The van der Waals surface area contributed by atoms with Gasteiger partial charge in [0.1, 0.15) is 0 Å². The van der Waals surface area contributed by atoms with Crippen molar-refractivity contribution in [1.82, 2.24) is 4.90 Å². The molecular weight excluding hydrogens is 572 g/mol. The minimum Gasteiger partial charge on any atom is -0.351 e. The standard InChI is InChI=1S/C3H7NO.4CH2F3N.H4O7P2/c1-4(2)3-5;4*2-1(3,4)5;1-8(2,3)7-9(4,5)6/h3H,1-2H3;4*5H2;(H2,1,2,3)(H2,4,5,6). The summed E-state index contributed by atoms with van der Waals surface area (Å²) in [5, 5.41) is 0. The number of alkyl halides is 12. The van der Waals surface area contributed by atoms with Crippen molar-refractivity contribution < 1.29 is 90.5 Å². The van der Waals surface area contributed by atoms with Crippen molar-refractivity contribution in [3.8, 4) is 0 Å². The lowest BCUT2D eigenvalue weighted by Crippen LogP contribution is -2.20. The van der Waals surface area contributed by atoms with Crippen LogP contribution in [0.5, 0.6) is 0 Å². The number of amides is 1. The summed E-state index contributed by atoms with van der Waals surface area (Å²) < 4.78 is 144. The number of carbonyl (C=O) groups excluding carboxylic acids is 1. The first-order valence-corrected chi connectivity index (χ1v) is 9.40. The Labute approximate surface area is 181 Å². The van der Waals surface area contributed by atoms with E-state index in [1.165, 1.54) is 4.90 Å². The Kier molecular flexibility index (Phi) is 25.7. The summed E-state index contributed by atoms with van der Waals surface area (Å²) in [4.78, 5) is 41.9. The van der Waals surface area contributed by atoms with Crippen LogP contribution in [0, 0.1) is 0 Å². The van der Waals surface area contributed by atoms with Crippen LogP contribution >= 0.6 is 15.6 Å². The third-order valence-corrected chi connectivity index (χ3v) is 2.13. The molecule has 0 fully saturated rings. The average molecular weight is 591 g/mol. The molecule has 0 aromatic rings. The minimum absolute atomic E-state index is 0.750. The van der Waals surface area contributed by atoms with Gasteiger partial charge in [-0.2, -0.15) is 57.0 Å². The SMILES string of the molecule is CN(C)C=O.NC(F)(F)F.NC(F)(F)F.NC(F)(F)F.NC(F)(F)F.O=P(O)(O)OP(=O)(O)O. The van der Waals surface area contributed by atoms with Crippen molar-refractivity contribution >= 4 is 22.1 Å². The molecule has 0 aromatic heterocycles. The third kappa shape index (κ3) is 600. The monoisotopic (exact) mass is 591 g/mol. The molecule has 0 saturated heterocycles. The van der Waals surface area contributed by atoms with Crippen molar-refractivity contribution in [2.45, 2.75) is 25.2 Å². The van der Waals surface area contributed by atoms with Crippen LogP contribution in [0.1, 0.15) is 0 Å². The maximum atomic E-state index is 10.1. The van der Waals surface area contributed by atoms with Crippen molar-refractivity contribution in [1.29, 1.82) is 0 Å². The molecule has 0 aliphatic heterocycles. The summed E-state index contributed by atoms with van der Waals surface area (Å²) in [6.07, 6.45) is -17.2. The van der Waals surface area contributed by atoms with Gasteiger partial charge in [0, 0.05) is 14.1 Å². The Hall–Kier alpha value is -1.27. The molecule has 34 heavy (non-hydrogen) atoms. The van der Waals surface area contributed by atoms with E-state index in [-0.39, 0.29) is 0 Å². The number of hydrogen-bond acceptors (Lipinski definition) is 8. The highest BCUT2D eigenvalue weighted by molar-refractivity contribution is 7.60. The van der Waals surface area contributed by atoms with E-state index in [2.05, 4.69) is 27.2 Å². The quantitative estimate of drug-likeness (QED) is 0.0981. The van der Waals surface area contributed by atoms with Crippen LogP contribution in [0.2, 0.25) is 0 Å². The molecular formula is C7H19F12N5O8P2. The zero-order chi connectivity index (χ0) is 30.0. The van der Waals surface area contributed by atoms with E-state index in [1.807, 2.05) is 0 Å². The van der Waals surface area contributed by atoms with Gasteiger partial charge in [0.05, 0.1) is 0 Å². The summed E-state index contributed by atoms with van der Waals surface area (Å²) in [5.41, 5.74) is 13.4. The van der Waals surface area contributed by atoms with E-state index >= 15 is 0 Å². The fourth-order valence-electron chi connectivity index (χ4n) is 0.139. The van der Waals surface area contributed by atoms with Gasteiger partial charge in [0.15, 0.2) is 0 Å². The molecule has 27 heteroatoms. The van der Waals surface area contributed by atoms with Gasteiger partial charge in [0.25, 0.3) is 0 Å². The molecule has 0 aliphatic carbocycles. The molecule has 0 aromatic carbocycles. The lowest BCUT2D eigenvalue weighted by Gasteiger charge is -2.03. The number of rotatable bonds is 3. The lowest BCUT2D eigenvalue weighted by molar-refractivity contribution is -0.123. The molecule has 1 amide bonds. The van der Waals surface area contributed by atoms with E-state index in [4.69, 9.17) is 19.6 Å². The minimum atomic E-state index is -5.05. The predicted octanol–water partition coefficient (Wildman–Crippen LogP) is 0.752. The molecule has 0 radical (unpaired) electrons. The fourth-order valence-corrected chi connectivity index (χ4v) is 1.25. The highest BCUT2D eigenvalue weighted by atomic mass is 31.3. The summed E-state index contributed by atoms with van der Waals surface area (Å²) in [6, 6.07) is 0. The normalized spacial score (nSPS) is 11.7. The highest BCUT2D eigenvalue weighted by Crippen LogP contribution is 2.53. The van der Waals surface area contributed by atoms with E-state index < -0.39 is 40.8 Å². The summed E-state index contributed by atoms with van der Waals surface area (Å²) in [5.74, 6) is 0. The van der Waals surface area contributed by atoms with E-state index in [1.54, 1.807) is 14.1 Å². The van der Waals surface area contributed by atoms with Crippen LogP contribution in [-0.4, -0.2) is 70.2 Å². The molecule has 13 nitrogen and oxygen atoms in total. The van der Waals surface area contributed by atoms with E-state index in [9.17, 15) is 66.6 Å². The maximum Gasteiger partial charge on any atom is 0.478 e. The second-order valence-electron chi connectivity index (χ2n) is 4.30. The first-order valence-electron chi connectivity index (χ1n) is 6.34. The molecule has 0 atom stereocenters. The number of carbonyl (C=O) groups is 1. The van der Waals surface area contributed by atoms with Crippen LogP contribution in [0.4, 0.5) is 52.7 Å². The van der Waals surface area contributed by atoms with Crippen molar-refractivity contribution in [3.05, 3.63) is 0 Å². The lowest BCUT2D eigenvalue weighted by atomic mass is 11.0. The first kappa shape index (κ1) is 46.1. The Bertz CT molecular complexity index is 493. The van der Waals surface area contributed by atoms with E-state index in [0.717, 1.165) is 6.41 Å². The Balaban J connectivity index is -0.0000000707. The summed E-state index contributed by atoms with van der Waals surface area (Å²) in [7, 11) is -6.73. The predicted molar refractivity (Wildman–Crippen MR) is 85.9 cm³/mol.